The van der Waals surface area contributed by atoms with Crippen LogP contribution in [0.1, 0.15) is 5.56 Å². The lowest BCUT2D eigenvalue weighted by Gasteiger charge is -2.22. The normalized spacial score (nSPS) is 12.1. The van der Waals surface area contributed by atoms with Gasteiger partial charge < -0.3 is 15.9 Å². The monoisotopic (exact) mass is 308 g/mol. The number of benzene rings is 1. The van der Waals surface area contributed by atoms with Crippen LogP contribution in [0.25, 0.3) is 0 Å². The second-order valence-corrected chi connectivity index (χ2v) is 6.31. The number of nitrogens with zero attached hydrogens (tertiary/aromatic N) is 1. The van der Waals surface area contributed by atoms with Crippen molar-refractivity contribution in [3.8, 4) is 0 Å². The highest BCUT2D eigenvalue weighted by molar-refractivity contribution is 7.89. The highest BCUT2D eigenvalue weighted by atomic mass is 35.5. The number of aliphatic hydroxyl groups excluding tert-OH is 2. The molecule has 0 aliphatic heterocycles. The first-order valence-electron chi connectivity index (χ1n) is 5.62. The lowest BCUT2D eigenvalue weighted by molar-refractivity contribution is 0.217. The molecule has 1 aromatic carbocycles. The number of hydrogen-bond acceptors (Lipinski definition) is 5. The number of rotatable bonds is 6. The Bertz CT molecular complexity index is 542. The number of hydrogen-bond donors (Lipinski definition) is 3. The summed E-state index contributed by atoms with van der Waals surface area (Å²) >= 11 is 5.83. The van der Waals surface area contributed by atoms with Gasteiger partial charge in [-0.05, 0) is 24.6 Å². The topological polar surface area (TPSA) is 104 Å². The van der Waals surface area contributed by atoms with E-state index in [-0.39, 0.29) is 41.9 Å². The smallest absolute Gasteiger partial charge is 0.243 e. The van der Waals surface area contributed by atoms with E-state index in [1.807, 2.05) is 0 Å². The molecular formula is C11H17ClN2O4S. The molecule has 0 amide bonds. The lowest BCUT2D eigenvalue weighted by atomic mass is 10.2. The van der Waals surface area contributed by atoms with E-state index >= 15 is 0 Å². The summed E-state index contributed by atoms with van der Waals surface area (Å²) in [4.78, 5) is -0.0144. The summed E-state index contributed by atoms with van der Waals surface area (Å²) in [6, 6.07) is 2.78. The van der Waals surface area contributed by atoms with Crippen LogP contribution in [0.5, 0.6) is 0 Å². The molecule has 0 bridgehead atoms. The summed E-state index contributed by atoms with van der Waals surface area (Å²) in [5.74, 6) is 0. The van der Waals surface area contributed by atoms with Crippen molar-refractivity contribution in [2.45, 2.75) is 11.8 Å². The number of aliphatic hydroxyl groups is 2. The second-order valence-electron chi connectivity index (χ2n) is 3.97. The quantitative estimate of drug-likeness (QED) is 0.652. The van der Waals surface area contributed by atoms with Crippen molar-refractivity contribution in [2.75, 3.05) is 32.0 Å². The predicted molar refractivity (Wildman–Crippen MR) is 73.5 cm³/mol. The summed E-state index contributed by atoms with van der Waals surface area (Å²) < 4.78 is 25.8. The molecule has 6 nitrogen and oxygen atoms in total. The minimum atomic E-state index is -3.85. The van der Waals surface area contributed by atoms with Crippen molar-refractivity contribution >= 4 is 27.3 Å². The molecule has 1 aromatic rings. The zero-order chi connectivity index (χ0) is 14.6. The minimum Gasteiger partial charge on any atom is -0.398 e. The Kier molecular flexibility index (Phi) is 5.57. The molecule has 0 unspecified atom stereocenters. The summed E-state index contributed by atoms with van der Waals surface area (Å²) in [6.45, 7) is 0.695. The van der Waals surface area contributed by atoms with E-state index in [9.17, 15) is 8.42 Å². The number of sulfonamides is 1. The van der Waals surface area contributed by atoms with E-state index in [1.165, 1.54) is 12.1 Å². The minimum absolute atomic E-state index is 0.0144. The zero-order valence-electron chi connectivity index (χ0n) is 10.5. The van der Waals surface area contributed by atoms with E-state index in [1.54, 1.807) is 6.92 Å². The molecule has 19 heavy (non-hydrogen) atoms. The first-order valence-corrected chi connectivity index (χ1v) is 7.44. The molecule has 0 spiro atoms. The Balaban J connectivity index is 3.32. The second kappa shape index (κ2) is 6.53. The van der Waals surface area contributed by atoms with Gasteiger partial charge in [-0.25, -0.2) is 8.42 Å². The average Bonchev–Trinajstić information content (AvgIpc) is 2.33. The van der Waals surface area contributed by atoms with E-state index in [2.05, 4.69) is 0 Å². The summed E-state index contributed by atoms with van der Waals surface area (Å²) in [7, 11) is -3.85. The van der Waals surface area contributed by atoms with Gasteiger partial charge in [-0.3, -0.25) is 0 Å². The van der Waals surface area contributed by atoms with Gasteiger partial charge in [-0.1, -0.05) is 11.6 Å². The maximum Gasteiger partial charge on any atom is 0.243 e. The highest BCUT2D eigenvalue weighted by Crippen LogP contribution is 2.28. The Morgan fingerprint density at radius 3 is 2.26 bits per heavy atom. The van der Waals surface area contributed by atoms with Gasteiger partial charge in [-0.2, -0.15) is 4.31 Å². The average molecular weight is 309 g/mol. The van der Waals surface area contributed by atoms with Crippen molar-refractivity contribution in [3.63, 3.8) is 0 Å². The van der Waals surface area contributed by atoms with Crippen LogP contribution in [0.2, 0.25) is 5.02 Å². The maximum atomic E-state index is 12.4. The van der Waals surface area contributed by atoms with Crippen molar-refractivity contribution in [1.82, 2.24) is 4.31 Å². The van der Waals surface area contributed by atoms with Crippen molar-refractivity contribution in [3.05, 3.63) is 22.7 Å². The van der Waals surface area contributed by atoms with Crippen LogP contribution in [0.4, 0.5) is 5.69 Å². The Morgan fingerprint density at radius 1 is 1.26 bits per heavy atom. The number of halogens is 1. The third-order valence-corrected chi connectivity index (χ3v) is 4.92. The van der Waals surface area contributed by atoms with Gasteiger partial charge in [0.25, 0.3) is 0 Å². The number of nitrogens with two attached hydrogens (primary N) is 1. The molecule has 108 valence electrons. The van der Waals surface area contributed by atoms with Crippen molar-refractivity contribution in [1.29, 1.82) is 0 Å². The molecule has 0 saturated heterocycles. The molecule has 0 heterocycles. The zero-order valence-corrected chi connectivity index (χ0v) is 12.1. The third kappa shape index (κ3) is 3.58. The molecule has 0 aliphatic rings. The van der Waals surface area contributed by atoms with Gasteiger partial charge in [0.1, 0.15) is 0 Å². The lowest BCUT2D eigenvalue weighted by Crippen LogP contribution is -2.36. The van der Waals surface area contributed by atoms with E-state index in [0.29, 0.717) is 5.56 Å². The first-order chi connectivity index (χ1) is 8.84. The van der Waals surface area contributed by atoms with Crippen LogP contribution in [0.3, 0.4) is 0 Å². The van der Waals surface area contributed by atoms with Gasteiger partial charge in [0.15, 0.2) is 0 Å². The van der Waals surface area contributed by atoms with Crippen LogP contribution >= 0.6 is 11.6 Å². The van der Waals surface area contributed by atoms with E-state index in [0.717, 1.165) is 4.31 Å². The van der Waals surface area contributed by atoms with Crippen LogP contribution in [-0.4, -0.2) is 49.2 Å². The number of nitrogen functional groups attached to an aromatic ring is 1. The Morgan fingerprint density at radius 2 is 1.79 bits per heavy atom. The van der Waals surface area contributed by atoms with Crippen molar-refractivity contribution in [2.24, 2.45) is 0 Å². The summed E-state index contributed by atoms with van der Waals surface area (Å²) in [5, 5.41) is 18.0. The fraction of sp³-hybridized carbons (Fsp3) is 0.455. The van der Waals surface area contributed by atoms with Crippen LogP contribution < -0.4 is 5.73 Å². The predicted octanol–water partition coefficient (Wildman–Crippen LogP) is 0.206. The largest absolute Gasteiger partial charge is 0.398 e. The molecular weight excluding hydrogens is 292 g/mol. The molecule has 0 aliphatic carbocycles. The van der Waals surface area contributed by atoms with Gasteiger partial charge in [0.2, 0.25) is 10.0 Å². The van der Waals surface area contributed by atoms with Crippen molar-refractivity contribution < 1.29 is 18.6 Å². The SMILES string of the molecule is Cc1c(N)cc(Cl)cc1S(=O)(=O)N(CCO)CCO. The molecule has 0 saturated carbocycles. The van der Waals surface area contributed by atoms with Crippen LogP contribution in [-0.2, 0) is 10.0 Å². The summed E-state index contributed by atoms with van der Waals surface area (Å²) in [6.07, 6.45) is 0. The van der Waals surface area contributed by atoms with Crippen LogP contribution in [0, 0.1) is 6.92 Å². The van der Waals surface area contributed by atoms with E-state index < -0.39 is 10.0 Å². The molecule has 0 fully saturated rings. The molecule has 0 aromatic heterocycles. The molecule has 1 rings (SSSR count). The summed E-state index contributed by atoms with van der Waals surface area (Å²) in [5.41, 5.74) is 6.37. The van der Waals surface area contributed by atoms with Crippen LogP contribution in [0.15, 0.2) is 17.0 Å². The van der Waals surface area contributed by atoms with Gasteiger partial charge in [0.05, 0.1) is 18.1 Å². The standard InChI is InChI=1S/C11H17ClN2O4S/c1-8-10(13)6-9(12)7-11(8)19(17,18)14(2-4-15)3-5-16/h6-7,15-16H,2-5,13H2,1H3. The fourth-order valence-electron chi connectivity index (χ4n) is 1.66. The van der Waals surface area contributed by atoms with Gasteiger partial charge in [-0.15, -0.1) is 0 Å². The van der Waals surface area contributed by atoms with E-state index in [4.69, 9.17) is 27.5 Å². The Hall–Kier alpha value is -0.860. The fourth-order valence-corrected chi connectivity index (χ4v) is 3.65. The maximum absolute atomic E-state index is 12.4. The Labute approximate surface area is 117 Å². The highest BCUT2D eigenvalue weighted by Gasteiger charge is 2.26. The molecule has 0 radical (unpaired) electrons. The van der Waals surface area contributed by atoms with Gasteiger partial charge in [0, 0.05) is 23.8 Å². The third-order valence-electron chi connectivity index (χ3n) is 2.68. The number of anilines is 1. The van der Waals surface area contributed by atoms with Gasteiger partial charge >= 0.3 is 0 Å². The molecule has 8 heteroatoms. The molecule has 0 atom stereocenters. The first kappa shape index (κ1) is 16.2. The molecule has 4 N–H and O–H groups in total.